The number of hydrogen-bond donors (Lipinski definition) is 2. The number of aromatic carboxylic acids is 2. The Labute approximate surface area is 77.6 Å². The van der Waals surface area contributed by atoms with E-state index in [0.717, 1.165) is 12.1 Å². The molecule has 68 valence electrons. The highest BCUT2D eigenvalue weighted by Crippen LogP contribution is 2.13. The summed E-state index contributed by atoms with van der Waals surface area (Å²) >= 11 is 5.41. The summed E-state index contributed by atoms with van der Waals surface area (Å²) in [6.45, 7) is 0. The van der Waals surface area contributed by atoms with Crippen LogP contribution < -0.4 is 0 Å². The van der Waals surface area contributed by atoms with E-state index in [4.69, 9.17) is 21.8 Å². The fourth-order valence-electron chi connectivity index (χ4n) is 0.713. The highest BCUT2D eigenvalue weighted by Gasteiger charge is 2.12. The van der Waals surface area contributed by atoms with Crippen molar-refractivity contribution in [3.05, 3.63) is 28.5 Å². The molecule has 0 spiro atoms. The van der Waals surface area contributed by atoms with E-state index in [1.165, 1.54) is 0 Å². The Kier molecular flexibility index (Phi) is 2.48. The minimum absolute atomic E-state index is 0.216. The van der Waals surface area contributed by atoms with Crippen LogP contribution in [0, 0.1) is 0 Å². The van der Waals surface area contributed by atoms with Crippen LogP contribution >= 0.6 is 11.6 Å². The highest BCUT2D eigenvalue weighted by atomic mass is 35.5. The number of carbonyl (C=O) groups is 2. The predicted octanol–water partition coefficient (Wildman–Crippen LogP) is 1.13. The zero-order valence-electron chi connectivity index (χ0n) is 6.19. The number of hydrogen-bond acceptors (Lipinski definition) is 3. The Hall–Kier alpha value is -1.62. The van der Waals surface area contributed by atoms with E-state index in [1.54, 1.807) is 0 Å². The molecule has 0 saturated carbocycles. The van der Waals surface area contributed by atoms with Gasteiger partial charge in [-0.3, -0.25) is 0 Å². The molecule has 0 bridgehead atoms. The quantitative estimate of drug-likeness (QED) is 0.701. The summed E-state index contributed by atoms with van der Waals surface area (Å²) in [7, 11) is 0. The third-order valence-electron chi connectivity index (χ3n) is 1.30. The second-order valence-corrected chi connectivity index (χ2v) is 2.50. The number of nitrogens with zero attached hydrogens (tertiary/aromatic N) is 1. The summed E-state index contributed by atoms with van der Waals surface area (Å²) in [6.07, 6.45) is 0. The van der Waals surface area contributed by atoms with Crippen LogP contribution in [0.5, 0.6) is 0 Å². The molecule has 0 aliphatic carbocycles. The number of pyridine rings is 1. The molecule has 1 aromatic rings. The summed E-state index contributed by atoms with van der Waals surface area (Å²) < 4.78 is 0. The maximum atomic E-state index is 10.4. The van der Waals surface area contributed by atoms with Gasteiger partial charge in [0.1, 0.15) is 10.8 Å². The van der Waals surface area contributed by atoms with E-state index in [-0.39, 0.29) is 16.4 Å². The molecule has 0 aromatic carbocycles. The molecular formula is C7H4ClNO4. The van der Waals surface area contributed by atoms with Crippen molar-refractivity contribution < 1.29 is 19.8 Å². The van der Waals surface area contributed by atoms with Crippen LogP contribution in [0.3, 0.4) is 0 Å². The van der Waals surface area contributed by atoms with E-state index in [0.29, 0.717) is 0 Å². The molecule has 0 unspecified atom stereocenters. The molecule has 0 aliphatic heterocycles. The van der Waals surface area contributed by atoms with Crippen LogP contribution in [-0.4, -0.2) is 27.1 Å². The fourth-order valence-corrected chi connectivity index (χ4v) is 0.948. The van der Waals surface area contributed by atoms with Crippen LogP contribution in [0.15, 0.2) is 12.1 Å². The molecule has 1 aromatic heterocycles. The van der Waals surface area contributed by atoms with E-state index < -0.39 is 11.9 Å². The van der Waals surface area contributed by atoms with Gasteiger partial charge in [-0.15, -0.1) is 0 Å². The highest BCUT2D eigenvalue weighted by molar-refractivity contribution is 6.32. The number of carboxylic acid groups (broad SMARTS) is 2. The van der Waals surface area contributed by atoms with E-state index >= 15 is 0 Å². The molecule has 0 radical (unpaired) electrons. The molecule has 0 atom stereocenters. The molecule has 0 saturated heterocycles. The third-order valence-corrected chi connectivity index (χ3v) is 1.59. The molecule has 1 rings (SSSR count). The second-order valence-electron chi connectivity index (χ2n) is 2.15. The van der Waals surface area contributed by atoms with Crippen LogP contribution in [0.2, 0.25) is 5.15 Å². The minimum atomic E-state index is -1.25. The molecule has 6 heteroatoms. The summed E-state index contributed by atoms with van der Waals surface area (Å²) in [4.78, 5) is 24.2. The number of aromatic nitrogens is 1. The first-order valence-electron chi connectivity index (χ1n) is 3.15. The number of halogens is 1. The SMILES string of the molecule is O=C(O)c1ccc(C(=O)O)c(Cl)n1. The van der Waals surface area contributed by atoms with Crippen molar-refractivity contribution in [2.75, 3.05) is 0 Å². The number of carboxylic acids is 2. The van der Waals surface area contributed by atoms with E-state index in [1.807, 2.05) is 0 Å². The normalized spacial score (nSPS) is 9.62. The van der Waals surface area contributed by atoms with Gasteiger partial charge in [-0.1, -0.05) is 11.6 Å². The first-order valence-corrected chi connectivity index (χ1v) is 3.53. The zero-order chi connectivity index (χ0) is 10.0. The molecule has 0 fully saturated rings. The summed E-state index contributed by atoms with van der Waals surface area (Å²) in [5, 5.41) is 16.7. The van der Waals surface area contributed by atoms with E-state index in [9.17, 15) is 9.59 Å². The molecule has 5 nitrogen and oxygen atoms in total. The lowest BCUT2D eigenvalue weighted by atomic mass is 10.2. The Morgan fingerprint density at radius 1 is 1.23 bits per heavy atom. The summed E-state index contributed by atoms with van der Waals surface area (Å²) in [5.41, 5.74) is -0.498. The Balaban J connectivity index is 3.20. The maximum Gasteiger partial charge on any atom is 0.354 e. The number of rotatable bonds is 2. The zero-order valence-corrected chi connectivity index (χ0v) is 6.95. The molecule has 0 aliphatic rings. The van der Waals surface area contributed by atoms with Gasteiger partial charge < -0.3 is 10.2 Å². The van der Waals surface area contributed by atoms with Gasteiger partial charge in [0.15, 0.2) is 0 Å². The standard InChI is InChI=1S/C7H4ClNO4/c8-5-3(6(10)11)1-2-4(9-5)7(12)13/h1-2H,(H,10,11)(H,12,13). The van der Waals surface area contributed by atoms with Gasteiger partial charge >= 0.3 is 11.9 Å². The first kappa shape index (κ1) is 9.47. The van der Waals surface area contributed by atoms with Crippen LogP contribution in [-0.2, 0) is 0 Å². The van der Waals surface area contributed by atoms with Gasteiger partial charge in [0.25, 0.3) is 0 Å². The van der Waals surface area contributed by atoms with Gasteiger partial charge in [-0.25, -0.2) is 14.6 Å². The summed E-state index contributed by atoms with van der Waals surface area (Å²) in [6, 6.07) is 2.18. The van der Waals surface area contributed by atoms with Gasteiger partial charge in [0, 0.05) is 0 Å². The first-order chi connectivity index (χ1) is 6.02. The molecule has 0 amide bonds. The average Bonchev–Trinajstić information content (AvgIpc) is 2.03. The molecular weight excluding hydrogens is 198 g/mol. The minimum Gasteiger partial charge on any atom is -0.478 e. The molecule has 2 N–H and O–H groups in total. The van der Waals surface area contributed by atoms with Crippen molar-refractivity contribution in [3.8, 4) is 0 Å². The predicted molar refractivity (Wildman–Crippen MR) is 43.2 cm³/mol. The van der Waals surface area contributed by atoms with Crippen LogP contribution in [0.4, 0.5) is 0 Å². The lowest BCUT2D eigenvalue weighted by Crippen LogP contribution is -2.04. The van der Waals surface area contributed by atoms with E-state index in [2.05, 4.69) is 4.98 Å². The van der Waals surface area contributed by atoms with Gasteiger partial charge in [0.05, 0.1) is 5.56 Å². The third kappa shape index (κ3) is 1.94. The monoisotopic (exact) mass is 201 g/mol. The maximum absolute atomic E-state index is 10.4. The van der Waals surface area contributed by atoms with Gasteiger partial charge in [-0.05, 0) is 12.1 Å². The second kappa shape index (κ2) is 3.40. The molecule has 1 heterocycles. The van der Waals surface area contributed by atoms with Crippen molar-refractivity contribution in [3.63, 3.8) is 0 Å². The van der Waals surface area contributed by atoms with Crippen molar-refractivity contribution in [2.24, 2.45) is 0 Å². The van der Waals surface area contributed by atoms with Crippen molar-refractivity contribution in [2.45, 2.75) is 0 Å². The van der Waals surface area contributed by atoms with Gasteiger partial charge in [-0.2, -0.15) is 0 Å². The van der Waals surface area contributed by atoms with Crippen molar-refractivity contribution >= 4 is 23.5 Å². The van der Waals surface area contributed by atoms with Crippen molar-refractivity contribution in [1.29, 1.82) is 0 Å². The largest absolute Gasteiger partial charge is 0.478 e. The average molecular weight is 202 g/mol. The lowest BCUT2D eigenvalue weighted by Gasteiger charge is -1.98. The lowest BCUT2D eigenvalue weighted by molar-refractivity contribution is 0.0676. The fraction of sp³-hybridized carbons (Fsp3) is 0. The van der Waals surface area contributed by atoms with Crippen LogP contribution in [0.1, 0.15) is 20.8 Å². The smallest absolute Gasteiger partial charge is 0.354 e. The Morgan fingerprint density at radius 3 is 2.23 bits per heavy atom. The van der Waals surface area contributed by atoms with Crippen molar-refractivity contribution in [1.82, 2.24) is 4.98 Å². The molecule has 13 heavy (non-hydrogen) atoms. The summed E-state index contributed by atoms with van der Waals surface area (Å²) in [5.74, 6) is -2.49. The van der Waals surface area contributed by atoms with Crippen LogP contribution in [0.25, 0.3) is 0 Å². The Bertz CT molecular complexity index is 377. The Morgan fingerprint density at radius 2 is 1.85 bits per heavy atom. The van der Waals surface area contributed by atoms with Gasteiger partial charge in [0.2, 0.25) is 0 Å². The topological polar surface area (TPSA) is 87.5 Å².